The zero-order valence-corrected chi connectivity index (χ0v) is 12.4. The summed E-state index contributed by atoms with van der Waals surface area (Å²) in [5.41, 5.74) is 1.80. The lowest BCUT2D eigenvalue weighted by atomic mass is 10.1. The zero-order valence-electron chi connectivity index (χ0n) is 12.4. The lowest BCUT2D eigenvalue weighted by Gasteiger charge is -2.25. The number of nitrogens with one attached hydrogen (secondary N) is 1. The highest BCUT2D eigenvalue weighted by Gasteiger charge is 2.27. The second-order valence-electron chi connectivity index (χ2n) is 5.99. The summed E-state index contributed by atoms with van der Waals surface area (Å²) < 4.78 is 13.6. The van der Waals surface area contributed by atoms with Crippen molar-refractivity contribution in [3.05, 3.63) is 35.1 Å². The van der Waals surface area contributed by atoms with E-state index in [-0.39, 0.29) is 11.9 Å². The maximum atomic E-state index is 13.6. The van der Waals surface area contributed by atoms with Crippen molar-refractivity contribution < 1.29 is 4.39 Å². The predicted molar refractivity (Wildman–Crippen MR) is 77.8 cm³/mol. The van der Waals surface area contributed by atoms with E-state index in [1.165, 1.54) is 6.42 Å². The van der Waals surface area contributed by atoms with Gasteiger partial charge in [0.2, 0.25) is 0 Å². The van der Waals surface area contributed by atoms with Crippen molar-refractivity contribution in [3.63, 3.8) is 0 Å². The SMILES string of the molecule is Cc1ccc(C(C)N2CCC(NC(C)C)C2)cc1F. The van der Waals surface area contributed by atoms with Crippen LogP contribution in [0.5, 0.6) is 0 Å². The van der Waals surface area contributed by atoms with Crippen LogP contribution in [0.2, 0.25) is 0 Å². The molecule has 0 aromatic heterocycles. The van der Waals surface area contributed by atoms with E-state index in [0.29, 0.717) is 12.1 Å². The molecule has 3 heteroatoms. The Bertz CT molecular complexity index is 431. The number of hydrogen-bond donors (Lipinski definition) is 1. The van der Waals surface area contributed by atoms with Gasteiger partial charge in [-0.15, -0.1) is 0 Å². The van der Waals surface area contributed by atoms with E-state index in [9.17, 15) is 4.39 Å². The Labute approximate surface area is 116 Å². The lowest BCUT2D eigenvalue weighted by molar-refractivity contribution is 0.253. The Balaban J connectivity index is 2.00. The molecule has 1 aliphatic heterocycles. The van der Waals surface area contributed by atoms with Crippen molar-refractivity contribution in [2.75, 3.05) is 13.1 Å². The van der Waals surface area contributed by atoms with Gasteiger partial charge >= 0.3 is 0 Å². The van der Waals surface area contributed by atoms with E-state index in [1.807, 2.05) is 19.1 Å². The molecule has 0 radical (unpaired) electrons. The molecule has 0 bridgehead atoms. The summed E-state index contributed by atoms with van der Waals surface area (Å²) in [6.45, 7) is 10.5. The molecule has 1 saturated heterocycles. The molecule has 0 aliphatic carbocycles. The number of nitrogens with zero attached hydrogens (tertiary/aromatic N) is 1. The fourth-order valence-corrected chi connectivity index (χ4v) is 2.83. The topological polar surface area (TPSA) is 15.3 Å². The molecule has 1 N–H and O–H groups in total. The van der Waals surface area contributed by atoms with Crippen LogP contribution >= 0.6 is 0 Å². The largest absolute Gasteiger partial charge is 0.310 e. The molecule has 0 saturated carbocycles. The highest BCUT2D eigenvalue weighted by Crippen LogP contribution is 2.26. The average Bonchev–Trinajstić information content (AvgIpc) is 2.79. The second-order valence-corrected chi connectivity index (χ2v) is 5.99. The Morgan fingerprint density at radius 2 is 2.05 bits per heavy atom. The van der Waals surface area contributed by atoms with Gasteiger partial charge in [-0.1, -0.05) is 26.0 Å². The minimum absolute atomic E-state index is 0.0968. The summed E-state index contributed by atoms with van der Waals surface area (Å²) in [5, 5.41) is 3.58. The van der Waals surface area contributed by atoms with Gasteiger partial charge in [0.1, 0.15) is 5.82 Å². The Morgan fingerprint density at radius 3 is 2.68 bits per heavy atom. The molecule has 1 aromatic rings. The van der Waals surface area contributed by atoms with Gasteiger partial charge in [0, 0.05) is 31.2 Å². The van der Waals surface area contributed by atoms with E-state index in [2.05, 4.69) is 31.0 Å². The smallest absolute Gasteiger partial charge is 0.126 e. The molecular formula is C16H25FN2. The van der Waals surface area contributed by atoms with Crippen molar-refractivity contribution >= 4 is 0 Å². The molecule has 2 rings (SSSR count). The Kier molecular flexibility index (Phi) is 4.58. The van der Waals surface area contributed by atoms with Crippen LogP contribution in [0.15, 0.2) is 18.2 Å². The van der Waals surface area contributed by atoms with Crippen LogP contribution in [0, 0.1) is 12.7 Å². The first-order valence-corrected chi connectivity index (χ1v) is 7.23. The van der Waals surface area contributed by atoms with Crippen LogP contribution in [-0.2, 0) is 0 Å². The van der Waals surface area contributed by atoms with Crippen LogP contribution in [0.1, 0.15) is 44.4 Å². The van der Waals surface area contributed by atoms with Crippen LogP contribution in [-0.4, -0.2) is 30.1 Å². The van der Waals surface area contributed by atoms with Crippen molar-refractivity contribution in [1.29, 1.82) is 0 Å². The van der Waals surface area contributed by atoms with E-state index in [0.717, 1.165) is 24.2 Å². The molecule has 1 aliphatic rings. The van der Waals surface area contributed by atoms with Gasteiger partial charge in [0.05, 0.1) is 0 Å². The first-order valence-electron chi connectivity index (χ1n) is 7.23. The van der Waals surface area contributed by atoms with E-state index >= 15 is 0 Å². The lowest BCUT2D eigenvalue weighted by Crippen LogP contribution is -2.37. The fraction of sp³-hybridized carbons (Fsp3) is 0.625. The summed E-state index contributed by atoms with van der Waals surface area (Å²) in [4.78, 5) is 2.43. The van der Waals surface area contributed by atoms with Crippen molar-refractivity contribution in [2.45, 2.75) is 52.2 Å². The maximum absolute atomic E-state index is 13.6. The van der Waals surface area contributed by atoms with E-state index in [4.69, 9.17) is 0 Å². The average molecular weight is 264 g/mol. The Morgan fingerprint density at radius 1 is 1.32 bits per heavy atom. The normalized spacial score (nSPS) is 22.1. The van der Waals surface area contributed by atoms with E-state index in [1.54, 1.807) is 6.07 Å². The number of likely N-dealkylation sites (tertiary alicyclic amines) is 1. The molecule has 19 heavy (non-hydrogen) atoms. The number of halogens is 1. The quantitative estimate of drug-likeness (QED) is 0.898. The van der Waals surface area contributed by atoms with Gasteiger partial charge in [-0.2, -0.15) is 0 Å². The summed E-state index contributed by atoms with van der Waals surface area (Å²) >= 11 is 0. The first-order chi connectivity index (χ1) is 8.97. The molecular weight excluding hydrogens is 239 g/mol. The van der Waals surface area contributed by atoms with Crippen LogP contribution in [0.4, 0.5) is 4.39 Å². The third-order valence-electron chi connectivity index (χ3n) is 4.01. The third kappa shape index (κ3) is 3.54. The molecule has 1 aromatic carbocycles. The molecule has 0 amide bonds. The van der Waals surface area contributed by atoms with Crippen LogP contribution < -0.4 is 5.32 Å². The molecule has 2 nitrogen and oxygen atoms in total. The maximum Gasteiger partial charge on any atom is 0.126 e. The highest BCUT2D eigenvalue weighted by atomic mass is 19.1. The number of benzene rings is 1. The molecule has 2 unspecified atom stereocenters. The summed E-state index contributed by atoms with van der Waals surface area (Å²) in [6, 6.07) is 6.99. The number of aryl methyl sites for hydroxylation is 1. The highest BCUT2D eigenvalue weighted by molar-refractivity contribution is 5.25. The fourth-order valence-electron chi connectivity index (χ4n) is 2.83. The molecule has 106 valence electrons. The van der Waals surface area contributed by atoms with Gasteiger partial charge in [0.25, 0.3) is 0 Å². The van der Waals surface area contributed by atoms with Gasteiger partial charge in [-0.05, 0) is 37.5 Å². The number of hydrogen-bond acceptors (Lipinski definition) is 2. The second kappa shape index (κ2) is 6.02. The summed E-state index contributed by atoms with van der Waals surface area (Å²) in [6.07, 6.45) is 1.18. The minimum Gasteiger partial charge on any atom is -0.310 e. The molecule has 2 atom stereocenters. The van der Waals surface area contributed by atoms with Crippen LogP contribution in [0.3, 0.4) is 0 Å². The van der Waals surface area contributed by atoms with E-state index < -0.39 is 0 Å². The minimum atomic E-state index is -0.0968. The molecule has 0 spiro atoms. The molecule has 1 fully saturated rings. The Hall–Kier alpha value is -0.930. The summed E-state index contributed by atoms with van der Waals surface area (Å²) in [7, 11) is 0. The third-order valence-corrected chi connectivity index (χ3v) is 4.01. The number of rotatable bonds is 4. The first kappa shape index (κ1) is 14.5. The van der Waals surface area contributed by atoms with Crippen molar-refractivity contribution in [2.24, 2.45) is 0 Å². The van der Waals surface area contributed by atoms with Crippen molar-refractivity contribution in [1.82, 2.24) is 10.2 Å². The van der Waals surface area contributed by atoms with Gasteiger partial charge < -0.3 is 5.32 Å². The van der Waals surface area contributed by atoms with Crippen molar-refractivity contribution in [3.8, 4) is 0 Å². The summed E-state index contributed by atoms with van der Waals surface area (Å²) in [5.74, 6) is -0.0968. The zero-order chi connectivity index (χ0) is 14.0. The van der Waals surface area contributed by atoms with Gasteiger partial charge in [-0.3, -0.25) is 4.90 Å². The molecule has 1 heterocycles. The van der Waals surface area contributed by atoms with Crippen LogP contribution in [0.25, 0.3) is 0 Å². The predicted octanol–water partition coefficient (Wildman–Crippen LogP) is 3.27. The van der Waals surface area contributed by atoms with Gasteiger partial charge in [0.15, 0.2) is 0 Å². The monoisotopic (exact) mass is 264 g/mol. The standard InChI is InChI=1S/C16H25FN2/c1-11(2)18-15-7-8-19(10-15)13(4)14-6-5-12(3)16(17)9-14/h5-6,9,11,13,15,18H,7-8,10H2,1-4H3. The van der Waals surface area contributed by atoms with Gasteiger partial charge in [-0.25, -0.2) is 4.39 Å².